The van der Waals surface area contributed by atoms with Crippen molar-refractivity contribution in [3.8, 4) is 5.75 Å². The van der Waals surface area contributed by atoms with Crippen LogP contribution in [0, 0.1) is 6.92 Å². The molecule has 6 heteroatoms. The molecule has 0 fully saturated rings. The number of halogens is 1. The van der Waals surface area contributed by atoms with E-state index >= 15 is 0 Å². The second-order valence-corrected chi connectivity index (χ2v) is 8.24. The molecule has 0 saturated carbocycles. The predicted octanol–water partition coefficient (Wildman–Crippen LogP) is 5.05. The lowest BCUT2D eigenvalue weighted by Gasteiger charge is -2.40. The number of hydrogen-bond donors (Lipinski definition) is 1. The minimum atomic E-state index is -0.360. The molecule has 1 N–H and O–H groups in total. The molecule has 0 radical (unpaired) electrons. The molecular weight excluding hydrogens is 386 g/mol. The van der Waals surface area contributed by atoms with E-state index in [0.29, 0.717) is 16.3 Å². The Hall–Kier alpha value is -2.79. The summed E-state index contributed by atoms with van der Waals surface area (Å²) in [5, 5.41) is 4.51. The van der Waals surface area contributed by atoms with Crippen LogP contribution >= 0.6 is 11.6 Å². The van der Waals surface area contributed by atoms with Gasteiger partial charge in [-0.15, -0.1) is 0 Å². The van der Waals surface area contributed by atoms with Crippen LogP contribution in [-0.4, -0.2) is 31.8 Å². The average molecular weight is 412 g/mol. The first kappa shape index (κ1) is 20.9. The molecule has 0 saturated heterocycles. The lowest BCUT2D eigenvalue weighted by Crippen LogP contribution is -2.42. The molecule has 2 aromatic carbocycles. The Balaban J connectivity index is 1.88. The standard InChI is InChI=1S/C23H26ClN3O2/c1-14-7-8-17(19(24)9-14)22(28)26-25-13-16-10-18-15(2)12-23(3,4)27(5)20(18)11-21(16)29-6/h7-13H,1-6H3,(H,26,28)/b25-13-. The molecule has 0 spiro atoms. The van der Waals surface area contributed by atoms with Gasteiger partial charge in [0.1, 0.15) is 5.75 Å². The van der Waals surface area contributed by atoms with Gasteiger partial charge >= 0.3 is 0 Å². The smallest absolute Gasteiger partial charge is 0.272 e. The molecule has 152 valence electrons. The van der Waals surface area contributed by atoms with Gasteiger partial charge in [0, 0.05) is 29.9 Å². The summed E-state index contributed by atoms with van der Waals surface area (Å²) in [7, 11) is 3.70. The molecule has 0 aliphatic carbocycles. The van der Waals surface area contributed by atoms with E-state index in [1.54, 1.807) is 25.5 Å². The van der Waals surface area contributed by atoms with Gasteiger partial charge in [0.2, 0.25) is 0 Å². The van der Waals surface area contributed by atoms with Crippen LogP contribution in [-0.2, 0) is 0 Å². The zero-order chi connectivity index (χ0) is 21.3. The highest BCUT2D eigenvalue weighted by Crippen LogP contribution is 2.40. The molecule has 3 rings (SSSR count). The molecule has 1 heterocycles. The third-order valence-corrected chi connectivity index (χ3v) is 5.62. The van der Waals surface area contributed by atoms with E-state index in [0.717, 1.165) is 22.4 Å². The molecule has 1 amide bonds. The molecule has 2 aromatic rings. The van der Waals surface area contributed by atoms with Gasteiger partial charge in [-0.3, -0.25) is 4.79 Å². The summed E-state index contributed by atoms with van der Waals surface area (Å²) >= 11 is 6.16. The number of amides is 1. The van der Waals surface area contributed by atoms with Crippen molar-refractivity contribution >= 4 is 35.0 Å². The molecule has 1 aliphatic heterocycles. The Kier molecular flexibility index (Phi) is 5.71. The van der Waals surface area contributed by atoms with Crippen LogP contribution < -0.4 is 15.1 Å². The Labute approximate surface area is 177 Å². The summed E-state index contributed by atoms with van der Waals surface area (Å²) in [5.74, 6) is 0.327. The number of hydrogen-bond acceptors (Lipinski definition) is 4. The van der Waals surface area contributed by atoms with E-state index < -0.39 is 0 Å². The molecule has 0 aromatic heterocycles. The van der Waals surface area contributed by atoms with Gasteiger partial charge < -0.3 is 9.64 Å². The summed E-state index contributed by atoms with van der Waals surface area (Å²) in [6, 6.07) is 9.31. The predicted molar refractivity (Wildman–Crippen MR) is 120 cm³/mol. The third kappa shape index (κ3) is 4.15. The van der Waals surface area contributed by atoms with E-state index in [4.69, 9.17) is 16.3 Å². The number of nitrogens with zero attached hydrogens (tertiary/aromatic N) is 2. The number of benzene rings is 2. The molecule has 1 aliphatic rings. The van der Waals surface area contributed by atoms with Crippen molar-refractivity contribution in [1.82, 2.24) is 5.43 Å². The second-order valence-electron chi connectivity index (χ2n) is 7.83. The number of carbonyl (C=O) groups excluding carboxylic acids is 1. The number of aryl methyl sites for hydroxylation is 1. The normalized spacial score (nSPS) is 15.1. The van der Waals surface area contributed by atoms with Crippen LogP contribution in [0.3, 0.4) is 0 Å². The van der Waals surface area contributed by atoms with Gasteiger partial charge in [-0.25, -0.2) is 5.43 Å². The van der Waals surface area contributed by atoms with Crippen molar-refractivity contribution in [1.29, 1.82) is 0 Å². The molecule has 0 unspecified atom stereocenters. The third-order valence-electron chi connectivity index (χ3n) is 5.31. The lowest BCUT2D eigenvalue weighted by atomic mass is 9.88. The number of fused-ring (bicyclic) bond motifs is 1. The maximum absolute atomic E-state index is 12.4. The minimum Gasteiger partial charge on any atom is -0.496 e. The zero-order valence-electron chi connectivity index (χ0n) is 17.6. The lowest BCUT2D eigenvalue weighted by molar-refractivity contribution is 0.0955. The first-order chi connectivity index (χ1) is 13.6. The number of hydrazone groups is 1. The number of methoxy groups -OCH3 is 1. The first-order valence-corrected chi connectivity index (χ1v) is 9.77. The van der Waals surface area contributed by atoms with Gasteiger partial charge in [-0.05, 0) is 57.0 Å². The number of nitrogens with one attached hydrogen (secondary N) is 1. The van der Waals surface area contributed by atoms with Crippen LogP contribution in [0.25, 0.3) is 5.57 Å². The molecule has 0 bridgehead atoms. The van der Waals surface area contributed by atoms with E-state index in [-0.39, 0.29) is 11.4 Å². The maximum Gasteiger partial charge on any atom is 0.272 e. The highest BCUT2D eigenvalue weighted by molar-refractivity contribution is 6.33. The molecule has 29 heavy (non-hydrogen) atoms. The van der Waals surface area contributed by atoms with Gasteiger partial charge in [0.25, 0.3) is 5.91 Å². The number of carbonyl (C=O) groups is 1. The number of anilines is 1. The number of allylic oxidation sites excluding steroid dienone is 1. The van der Waals surface area contributed by atoms with E-state index in [2.05, 4.69) is 49.3 Å². The number of likely N-dealkylation sites (N-methyl/N-ethyl adjacent to an activating group) is 1. The van der Waals surface area contributed by atoms with Crippen LogP contribution in [0.1, 0.15) is 47.8 Å². The summed E-state index contributed by atoms with van der Waals surface area (Å²) in [4.78, 5) is 14.6. The highest BCUT2D eigenvalue weighted by atomic mass is 35.5. The van der Waals surface area contributed by atoms with Crippen molar-refractivity contribution in [3.63, 3.8) is 0 Å². The summed E-state index contributed by atoms with van der Waals surface area (Å²) < 4.78 is 5.57. The highest BCUT2D eigenvalue weighted by Gasteiger charge is 2.29. The molecular formula is C23H26ClN3O2. The zero-order valence-corrected chi connectivity index (χ0v) is 18.4. The SMILES string of the molecule is COc1cc2c(cc1/C=N\NC(=O)c1ccc(C)cc1Cl)C(C)=CC(C)(C)N2C. The fourth-order valence-corrected chi connectivity index (χ4v) is 3.82. The van der Waals surface area contributed by atoms with Gasteiger partial charge in [0.15, 0.2) is 0 Å². The second kappa shape index (κ2) is 7.91. The monoisotopic (exact) mass is 411 g/mol. The quantitative estimate of drug-likeness (QED) is 0.565. The molecule has 0 atom stereocenters. The Morgan fingerprint density at radius 3 is 2.62 bits per heavy atom. The fourth-order valence-electron chi connectivity index (χ4n) is 3.50. The van der Waals surface area contributed by atoms with E-state index in [9.17, 15) is 4.79 Å². The fraction of sp³-hybridized carbons (Fsp3) is 0.304. The van der Waals surface area contributed by atoms with Gasteiger partial charge in [-0.1, -0.05) is 23.7 Å². The minimum absolute atomic E-state index is 0.0843. The van der Waals surface area contributed by atoms with Crippen LogP contribution in [0.2, 0.25) is 5.02 Å². The summed E-state index contributed by atoms with van der Waals surface area (Å²) in [6.45, 7) is 8.37. The Bertz CT molecular complexity index is 1030. The van der Waals surface area contributed by atoms with Crippen molar-refractivity contribution in [2.45, 2.75) is 33.2 Å². The van der Waals surface area contributed by atoms with Gasteiger partial charge in [-0.2, -0.15) is 5.10 Å². The van der Waals surface area contributed by atoms with Crippen LogP contribution in [0.5, 0.6) is 5.75 Å². The summed E-state index contributed by atoms with van der Waals surface area (Å²) in [5.41, 5.74) is 8.01. The Morgan fingerprint density at radius 1 is 1.24 bits per heavy atom. The summed E-state index contributed by atoms with van der Waals surface area (Å²) in [6.07, 6.45) is 3.83. The van der Waals surface area contributed by atoms with Crippen molar-refractivity contribution in [2.24, 2.45) is 5.10 Å². The largest absolute Gasteiger partial charge is 0.496 e. The van der Waals surface area contributed by atoms with Crippen molar-refractivity contribution in [2.75, 3.05) is 19.1 Å². The number of ether oxygens (including phenoxy) is 1. The maximum atomic E-state index is 12.4. The average Bonchev–Trinajstić information content (AvgIpc) is 2.65. The topological polar surface area (TPSA) is 53.9 Å². The van der Waals surface area contributed by atoms with Crippen LogP contribution in [0.15, 0.2) is 41.5 Å². The first-order valence-electron chi connectivity index (χ1n) is 9.39. The van der Waals surface area contributed by atoms with E-state index in [1.165, 1.54) is 5.57 Å². The van der Waals surface area contributed by atoms with Gasteiger partial charge in [0.05, 0.1) is 29.4 Å². The molecule has 5 nitrogen and oxygen atoms in total. The van der Waals surface area contributed by atoms with E-state index in [1.807, 2.05) is 25.1 Å². The Morgan fingerprint density at radius 2 is 1.97 bits per heavy atom. The number of rotatable bonds is 4. The van der Waals surface area contributed by atoms with Crippen molar-refractivity contribution < 1.29 is 9.53 Å². The van der Waals surface area contributed by atoms with Crippen LogP contribution in [0.4, 0.5) is 5.69 Å². The van der Waals surface area contributed by atoms with Crippen molar-refractivity contribution in [3.05, 3.63) is 63.7 Å².